The summed E-state index contributed by atoms with van der Waals surface area (Å²) in [6, 6.07) is 11.0. The van der Waals surface area contributed by atoms with E-state index in [4.69, 9.17) is 9.47 Å². The molecule has 2 aromatic rings. The van der Waals surface area contributed by atoms with Crippen LogP contribution in [0.2, 0.25) is 0 Å². The summed E-state index contributed by atoms with van der Waals surface area (Å²) in [6.07, 6.45) is 0. The highest BCUT2D eigenvalue weighted by Gasteiger charge is 2.19. The van der Waals surface area contributed by atoms with Crippen molar-refractivity contribution in [1.29, 1.82) is 0 Å². The Morgan fingerprint density at radius 3 is 2.21 bits per heavy atom. The summed E-state index contributed by atoms with van der Waals surface area (Å²) in [5.41, 5.74) is 3.28. The van der Waals surface area contributed by atoms with Crippen LogP contribution in [0.1, 0.15) is 18.1 Å². The zero-order chi connectivity index (χ0) is 24.7. The van der Waals surface area contributed by atoms with E-state index in [-0.39, 0.29) is 37.4 Å². The van der Waals surface area contributed by atoms with Gasteiger partial charge in [0.1, 0.15) is 13.2 Å². The maximum atomic E-state index is 12.7. The molecule has 182 valence electrons. The quantitative estimate of drug-likeness (QED) is 0.586. The number of anilines is 2. The van der Waals surface area contributed by atoms with Gasteiger partial charge in [-0.2, -0.15) is 0 Å². The van der Waals surface area contributed by atoms with Crippen LogP contribution >= 0.6 is 0 Å². The van der Waals surface area contributed by atoms with Gasteiger partial charge in [-0.25, -0.2) is 0 Å². The molecule has 0 fully saturated rings. The third-order valence-corrected chi connectivity index (χ3v) is 5.55. The molecule has 0 spiro atoms. The van der Waals surface area contributed by atoms with Crippen LogP contribution in [0.15, 0.2) is 36.4 Å². The van der Waals surface area contributed by atoms with Gasteiger partial charge in [0.25, 0.3) is 0 Å². The topological polar surface area (TPSA) is 100 Å². The Bertz CT molecular complexity index is 1040. The smallest absolute Gasteiger partial charge is 0.243 e. The lowest BCUT2D eigenvalue weighted by Crippen LogP contribution is -2.43. The van der Waals surface area contributed by atoms with Crippen molar-refractivity contribution in [2.24, 2.45) is 0 Å². The number of hydrogen-bond acceptors (Lipinski definition) is 6. The first-order valence-electron chi connectivity index (χ1n) is 11.3. The molecule has 0 aliphatic carbocycles. The molecular formula is C25H32N4O5. The van der Waals surface area contributed by atoms with Crippen LogP contribution in [0.25, 0.3) is 0 Å². The predicted molar refractivity (Wildman–Crippen MR) is 130 cm³/mol. The molecule has 1 heterocycles. The van der Waals surface area contributed by atoms with Gasteiger partial charge in [0, 0.05) is 24.5 Å². The number of fused-ring (bicyclic) bond motifs is 1. The summed E-state index contributed by atoms with van der Waals surface area (Å²) in [7, 11) is 1.58. The van der Waals surface area contributed by atoms with Crippen molar-refractivity contribution in [2.75, 3.05) is 57.1 Å². The molecule has 9 nitrogen and oxygen atoms in total. The van der Waals surface area contributed by atoms with Crippen LogP contribution in [-0.4, -0.2) is 74.0 Å². The third-order valence-electron chi connectivity index (χ3n) is 5.55. The van der Waals surface area contributed by atoms with Crippen molar-refractivity contribution >= 4 is 29.1 Å². The molecule has 9 heteroatoms. The number of nitrogens with one attached hydrogen (secondary N) is 2. The molecule has 0 radical (unpaired) electrons. The zero-order valence-electron chi connectivity index (χ0n) is 20.1. The standard InChI is InChI=1S/C25H32N4O5/c1-5-29(15-23(31)26-19-9-10-20-21(13-19)34-12-11-33-20)16-24(32)28(4)14-22(30)27-25-17(2)7-6-8-18(25)3/h6-10,13H,5,11-12,14-16H2,1-4H3,(H,26,31)(H,27,30). The van der Waals surface area contributed by atoms with Gasteiger partial charge in [0.2, 0.25) is 17.7 Å². The molecule has 0 saturated heterocycles. The van der Waals surface area contributed by atoms with Crippen molar-refractivity contribution in [3.63, 3.8) is 0 Å². The summed E-state index contributed by atoms with van der Waals surface area (Å²) >= 11 is 0. The Balaban J connectivity index is 1.49. The fraction of sp³-hybridized carbons (Fsp3) is 0.400. The predicted octanol–water partition coefficient (Wildman–Crippen LogP) is 2.43. The fourth-order valence-corrected chi connectivity index (χ4v) is 3.61. The van der Waals surface area contributed by atoms with E-state index in [9.17, 15) is 14.4 Å². The van der Waals surface area contributed by atoms with Crippen LogP contribution in [0.5, 0.6) is 11.5 Å². The van der Waals surface area contributed by atoms with Gasteiger partial charge in [-0.05, 0) is 43.7 Å². The maximum Gasteiger partial charge on any atom is 0.243 e. The number of carbonyl (C=O) groups is 3. The summed E-state index contributed by atoms with van der Waals surface area (Å²) in [6.45, 7) is 7.18. The minimum atomic E-state index is -0.271. The lowest BCUT2D eigenvalue weighted by Gasteiger charge is -2.24. The fourth-order valence-electron chi connectivity index (χ4n) is 3.61. The lowest BCUT2D eigenvalue weighted by molar-refractivity contribution is -0.134. The van der Waals surface area contributed by atoms with E-state index in [0.717, 1.165) is 16.8 Å². The number of rotatable bonds is 9. The Hall–Kier alpha value is -3.59. The summed E-state index contributed by atoms with van der Waals surface area (Å²) in [5, 5.41) is 5.71. The first-order chi connectivity index (χ1) is 16.3. The molecular weight excluding hydrogens is 436 g/mol. The van der Waals surface area contributed by atoms with Crippen molar-refractivity contribution in [3.05, 3.63) is 47.5 Å². The number of hydrogen-bond donors (Lipinski definition) is 2. The van der Waals surface area contributed by atoms with Crippen LogP contribution in [0.4, 0.5) is 11.4 Å². The number of amides is 3. The highest BCUT2D eigenvalue weighted by Crippen LogP contribution is 2.32. The van der Waals surface area contributed by atoms with E-state index in [1.807, 2.05) is 39.0 Å². The van der Waals surface area contributed by atoms with E-state index >= 15 is 0 Å². The summed E-state index contributed by atoms with van der Waals surface area (Å²) in [4.78, 5) is 40.8. The molecule has 0 unspecified atom stereocenters. The maximum absolute atomic E-state index is 12.7. The molecule has 2 aromatic carbocycles. The average molecular weight is 469 g/mol. The van der Waals surface area contributed by atoms with Gasteiger partial charge in [0.05, 0.1) is 19.6 Å². The summed E-state index contributed by atoms with van der Waals surface area (Å²) in [5.74, 6) is 0.474. The molecule has 0 atom stereocenters. The number of aryl methyl sites for hydroxylation is 2. The summed E-state index contributed by atoms with van der Waals surface area (Å²) < 4.78 is 11.0. The molecule has 34 heavy (non-hydrogen) atoms. The van der Waals surface area contributed by atoms with E-state index in [1.165, 1.54) is 4.90 Å². The molecule has 0 bridgehead atoms. The average Bonchev–Trinajstić information content (AvgIpc) is 2.80. The van der Waals surface area contributed by atoms with Gasteiger partial charge in [-0.15, -0.1) is 0 Å². The number of nitrogens with zero attached hydrogens (tertiary/aromatic N) is 2. The van der Waals surface area contributed by atoms with Crippen molar-refractivity contribution in [3.8, 4) is 11.5 Å². The minimum absolute atomic E-state index is 0.0260. The number of para-hydroxylation sites is 1. The third kappa shape index (κ3) is 6.71. The molecule has 2 N–H and O–H groups in total. The molecule has 1 aliphatic rings. The number of benzene rings is 2. The first kappa shape index (κ1) is 25.0. The van der Waals surface area contributed by atoms with Gasteiger partial charge in [-0.3, -0.25) is 19.3 Å². The largest absolute Gasteiger partial charge is 0.486 e. The number of ether oxygens (including phenoxy) is 2. The number of carbonyl (C=O) groups excluding carboxylic acids is 3. The highest BCUT2D eigenvalue weighted by atomic mass is 16.6. The van der Waals surface area contributed by atoms with Crippen molar-refractivity contribution in [1.82, 2.24) is 9.80 Å². The van der Waals surface area contributed by atoms with Gasteiger partial charge < -0.3 is 25.0 Å². The Kier molecular flexibility index (Phi) is 8.48. The molecule has 0 aromatic heterocycles. The van der Waals surface area contributed by atoms with Gasteiger partial charge >= 0.3 is 0 Å². The molecule has 3 amide bonds. The second-order valence-corrected chi connectivity index (χ2v) is 8.27. The Morgan fingerprint density at radius 1 is 0.882 bits per heavy atom. The molecule has 0 saturated carbocycles. The van der Waals surface area contributed by atoms with E-state index in [1.54, 1.807) is 30.1 Å². The van der Waals surface area contributed by atoms with E-state index in [0.29, 0.717) is 36.9 Å². The van der Waals surface area contributed by atoms with Crippen molar-refractivity contribution < 1.29 is 23.9 Å². The van der Waals surface area contributed by atoms with Crippen LogP contribution in [-0.2, 0) is 14.4 Å². The van der Waals surface area contributed by atoms with Gasteiger partial charge in [-0.1, -0.05) is 25.1 Å². The first-order valence-corrected chi connectivity index (χ1v) is 11.3. The highest BCUT2D eigenvalue weighted by molar-refractivity contribution is 5.96. The lowest BCUT2D eigenvalue weighted by atomic mass is 10.1. The van der Waals surface area contributed by atoms with E-state index < -0.39 is 0 Å². The second kappa shape index (κ2) is 11.5. The van der Waals surface area contributed by atoms with E-state index in [2.05, 4.69) is 10.6 Å². The molecule has 3 rings (SSSR count). The molecule has 1 aliphatic heterocycles. The van der Waals surface area contributed by atoms with Crippen LogP contribution < -0.4 is 20.1 Å². The van der Waals surface area contributed by atoms with Gasteiger partial charge in [0.15, 0.2) is 11.5 Å². The second-order valence-electron chi connectivity index (χ2n) is 8.27. The normalized spacial score (nSPS) is 12.3. The number of likely N-dealkylation sites (N-methyl/N-ethyl adjacent to an activating group) is 2. The van der Waals surface area contributed by atoms with Crippen LogP contribution in [0.3, 0.4) is 0 Å². The zero-order valence-corrected chi connectivity index (χ0v) is 20.1. The monoisotopic (exact) mass is 468 g/mol. The Morgan fingerprint density at radius 2 is 1.53 bits per heavy atom. The van der Waals surface area contributed by atoms with Crippen LogP contribution in [0, 0.1) is 13.8 Å². The SMILES string of the molecule is CCN(CC(=O)Nc1ccc2c(c1)OCCO2)CC(=O)N(C)CC(=O)Nc1c(C)cccc1C. The Labute approximate surface area is 200 Å². The minimum Gasteiger partial charge on any atom is -0.486 e. The van der Waals surface area contributed by atoms with Crippen molar-refractivity contribution in [2.45, 2.75) is 20.8 Å².